The molecule has 1 aliphatic rings. The van der Waals surface area contributed by atoms with Crippen molar-refractivity contribution in [1.29, 1.82) is 0 Å². The zero-order valence-corrected chi connectivity index (χ0v) is 8.66. The Balaban J connectivity index is 2.54. The summed E-state index contributed by atoms with van der Waals surface area (Å²) in [5.41, 5.74) is 1.82. The maximum atomic E-state index is 11.3. The fourth-order valence-electron chi connectivity index (χ4n) is 1.85. The first-order valence-corrected chi connectivity index (χ1v) is 4.70. The van der Waals surface area contributed by atoms with Crippen molar-refractivity contribution in [3.63, 3.8) is 0 Å². The summed E-state index contributed by atoms with van der Waals surface area (Å²) in [6, 6.07) is 0. The van der Waals surface area contributed by atoms with Crippen molar-refractivity contribution in [2.24, 2.45) is 7.05 Å². The molecule has 0 aromatic carbocycles. The van der Waals surface area contributed by atoms with Gasteiger partial charge in [0.1, 0.15) is 5.69 Å². The molecule has 0 atom stereocenters. The van der Waals surface area contributed by atoms with E-state index in [2.05, 4.69) is 10.4 Å². The summed E-state index contributed by atoms with van der Waals surface area (Å²) < 4.78 is 1.81. The number of rotatable bonds is 1. The van der Waals surface area contributed by atoms with Crippen molar-refractivity contribution in [3.05, 3.63) is 5.69 Å². The van der Waals surface area contributed by atoms with Gasteiger partial charge in [-0.25, -0.2) is 0 Å². The first-order valence-electron chi connectivity index (χ1n) is 4.70. The van der Waals surface area contributed by atoms with Crippen LogP contribution in [0.3, 0.4) is 0 Å². The van der Waals surface area contributed by atoms with Gasteiger partial charge in [0.25, 0.3) is 0 Å². The quantitative estimate of drug-likeness (QED) is 0.702. The SMILES string of the molecule is CCc1nn(C)c2c1NC(=O)CN2C. The van der Waals surface area contributed by atoms with E-state index in [-0.39, 0.29) is 5.91 Å². The first-order chi connectivity index (χ1) is 6.63. The zero-order chi connectivity index (χ0) is 10.3. The van der Waals surface area contributed by atoms with Crippen molar-refractivity contribution in [2.45, 2.75) is 13.3 Å². The van der Waals surface area contributed by atoms with E-state index in [1.54, 1.807) is 0 Å². The number of anilines is 2. The van der Waals surface area contributed by atoms with E-state index in [1.807, 2.05) is 30.6 Å². The van der Waals surface area contributed by atoms with Crippen LogP contribution in [0.1, 0.15) is 12.6 Å². The summed E-state index contributed by atoms with van der Waals surface area (Å²) >= 11 is 0. The van der Waals surface area contributed by atoms with Gasteiger partial charge < -0.3 is 10.2 Å². The number of likely N-dealkylation sites (N-methyl/N-ethyl adjacent to an activating group) is 1. The number of hydrogen-bond donors (Lipinski definition) is 1. The fraction of sp³-hybridized carbons (Fsp3) is 0.556. The van der Waals surface area contributed by atoms with Gasteiger partial charge in [0, 0.05) is 14.1 Å². The highest BCUT2D eigenvalue weighted by molar-refractivity contribution is 6.01. The molecule has 0 saturated heterocycles. The van der Waals surface area contributed by atoms with E-state index in [4.69, 9.17) is 0 Å². The van der Waals surface area contributed by atoms with Gasteiger partial charge in [-0.3, -0.25) is 9.48 Å². The Morgan fingerprint density at radius 3 is 2.86 bits per heavy atom. The normalized spacial score (nSPS) is 15.4. The van der Waals surface area contributed by atoms with Crippen LogP contribution in [0.2, 0.25) is 0 Å². The van der Waals surface area contributed by atoms with Crippen LogP contribution in [-0.4, -0.2) is 29.3 Å². The van der Waals surface area contributed by atoms with Crippen LogP contribution in [0.4, 0.5) is 11.5 Å². The van der Waals surface area contributed by atoms with Crippen molar-refractivity contribution in [3.8, 4) is 0 Å². The van der Waals surface area contributed by atoms with E-state index in [0.29, 0.717) is 6.54 Å². The molecule has 0 radical (unpaired) electrons. The largest absolute Gasteiger partial charge is 0.349 e. The number of carbonyl (C=O) groups is 1. The molecule has 1 N–H and O–H groups in total. The Kier molecular flexibility index (Phi) is 1.94. The molecule has 1 aromatic heterocycles. The van der Waals surface area contributed by atoms with Crippen LogP contribution >= 0.6 is 0 Å². The lowest BCUT2D eigenvalue weighted by Crippen LogP contribution is -2.36. The topological polar surface area (TPSA) is 50.2 Å². The maximum Gasteiger partial charge on any atom is 0.244 e. The third-order valence-corrected chi connectivity index (χ3v) is 2.43. The summed E-state index contributed by atoms with van der Waals surface area (Å²) in [6.45, 7) is 2.43. The Morgan fingerprint density at radius 1 is 1.50 bits per heavy atom. The van der Waals surface area contributed by atoms with Gasteiger partial charge in [-0.05, 0) is 6.42 Å². The van der Waals surface area contributed by atoms with Crippen LogP contribution < -0.4 is 10.2 Å². The van der Waals surface area contributed by atoms with E-state index in [9.17, 15) is 4.79 Å². The molecule has 76 valence electrons. The predicted molar refractivity (Wildman–Crippen MR) is 54.5 cm³/mol. The highest BCUT2D eigenvalue weighted by Gasteiger charge is 2.25. The lowest BCUT2D eigenvalue weighted by molar-refractivity contribution is -0.115. The summed E-state index contributed by atoms with van der Waals surface area (Å²) in [5.74, 6) is 1.02. The zero-order valence-electron chi connectivity index (χ0n) is 8.66. The molecule has 1 aliphatic heterocycles. The number of aromatic nitrogens is 2. The molecule has 0 fully saturated rings. The minimum Gasteiger partial charge on any atom is -0.349 e. The minimum atomic E-state index is 0.0303. The number of nitrogens with zero attached hydrogens (tertiary/aromatic N) is 3. The molecule has 5 heteroatoms. The van der Waals surface area contributed by atoms with Gasteiger partial charge >= 0.3 is 0 Å². The number of fused-ring (bicyclic) bond motifs is 1. The van der Waals surface area contributed by atoms with Gasteiger partial charge in [0.15, 0.2) is 5.82 Å². The average molecular weight is 194 g/mol. The molecule has 1 aromatic rings. The van der Waals surface area contributed by atoms with E-state index >= 15 is 0 Å². The summed E-state index contributed by atoms with van der Waals surface area (Å²) in [7, 11) is 3.80. The molecule has 0 unspecified atom stereocenters. The second-order valence-electron chi connectivity index (χ2n) is 3.53. The third kappa shape index (κ3) is 1.16. The number of hydrogen-bond acceptors (Lipinski definition) is 3. The van der Waals surface area contributed by atoms with Crippen LogP contribution in [-0.2, 0) is 18.3 Å². The first kappa shape index (κ1) is 9.05. The van der Waals surface area contributed by atoms with Gasteiger partial charge in [0.2, 0.25) is 5.91 Å². The van der Waals surface area contributed by atoms with Gasteiger partial charge in [-0.2, -0.15) is 5.10 Å². The van der Waals surface area contributed by atoms with Crippen molar-refractivity contribution >= 4 is 17.4 Å². The molecule has 2 heterocycles. The predicted octanol–water partition coefficient (Wildman–Crippen LogP) is 0.371. The third-order valence-electron chi connectivity index (χ3n) is 2.43. The fourth-order valence-corrected chi connectivity index (χ4v) is 1.85. The minimum absolute atomic E-state index is 0.0303. The van der Waals surface area contributed by atoms with Gasteiger partial charge in [0.05, 0.1) is 12.2 Å². The smallest absolute Gasteiger partial charge is 0.244 e. The number of nitrogens with one attached hydrogen (secondary N) is 1. The molecular weight excluding hydrogens is 180 g/mol. The van der Waals surface area contributed by atoms with Crippen molar-refractivity contribution < 1.29 is 4.79 Å². The second kappa shape index (κ2) is 3.01. The van der Waals surface area contributed by atoms with E-state index in [1.165, 1.54) is 0 Å². The van der Waals surface area contributed by atoms with Crippen LogP contribution in [0.15, 0.2) is 0 Å². The monoisotopic (exact) mass is 194 g/mol. The maximum absolute atomic E-state index is 11.3. The molecule has 0 bridgehead atoms. The molecule has 1 amide bonds. The highest BCUT2D eigenvalue weighted by Crippen LogP contribution is 2.31. The summed E-state index contributed by atoms with van der Waals surface area (Å²) in [5, 5.41) is 7.22. The Bertz CT molecular complexity index is 382. The van der Waals surface area contributed by atoms with Crippen molar-refractivity contribution in [1.82, 2.24) is 9.78 Å². The molecule has 0 saturated carbocycles. The highest BCUT2D eigenvalue weighted by atomic mass is 16.2. The average Bonchev–Trinajstić information content (AvgIpc) is 2.42. The molecule has 14 heavy (non-hydrogen) atoms. The van der Waals surface area contributed by atoms with Crippen LogP contribution in [0, 0.1) is 0 Å². The Morgan fingerprint density at radius 2 is 2.21 bits per heavy atom. The summed E-state index contributed by atoms with van der Waals surface area (Å²) in [6.07, 6.45) is 0.831. The van der Waals surface area contributed by atoms with Crippen LogP contribution in [0.5, 0.6) is 0 Å². The molecular formula is C9H14N4O. The second-order valence-corrected chi connectivity index (χ2v) is 3.53. The number of carbonyl (C=O) groups excluding carboxylic acids is 1. The van der Waals surface area contributed by atoms with E-state index < -0.39 is 0 Å². The lowest BCUT2D eigenvalue weighted by atomic mass is 10.2. The molecule has 0 aliphatic carbocycles. The lowest BCUT2D eigenvalue weighted by Gasteiger charge is -2.25. The summed E-state index contributed by atoms with van der Waals surface area (Å²) in [4.78, 5) is 13.2. The molecule has 5 nitrogen and oxygen atoms in total. The molecule has 0 spiro atoms. The Labute approximate surface area is 82.7 Å². The van der Waals surface area contributed by atoms with Crippen LogP contribution in [0.25, 0.3) is 0 Å². The van der Waals surface area contributed by atoms with Gasteiger partial charge in [-0.15, -0.1) is 0 Å². The van der Waals surface area contributed by atoms with E-state index in [0.717, 1.165) is 23.6 Å². The molecule has 2 rings (SSSR count). The van der Waals surface area contributed by atoms with Crippen molar-refractivity contribution in [2.75, 3.05) is 23.8 Å². The Hall–Kier alpha value is -1.52. The standard InChI is InChI=1S/C9H14N4O/c1-4-6-8-9(13(3)11-6)12(2)5-7(14)10-8/h4-5H2,1-3H3,(H,10,14). The number of amides is 1. The van der Waals surface area contributed by atoms with Gasteiger partial charge in [-0.1, -0.05) is 6.92 Å². The number of aryl methyl sites for hydroxylation is 2.